The summed E-state index contributed by atoms with van der Waals surface area (Å²) in [5.41, 5.74) is 0.739. The van der Waals surface area contributed by atoms with Gasteiger partial charge in [-0.25, -0.2) is 4.79 Å². The Kier molecular flexibility index (Phi) is 8.30. The van der Waals surface area contributed by atoms with E-state index in [0.29, 0.717) is 6.61 Å². The van der Waals surface area contributed by atoms with E-state index in [1.165, 1.54) is 25.7 Å². The van der Waals surface area contributed by atoms with Crippen molar-refractivity contribution in [3.8, 4) is 0 Å². The molecule has 0 bridgehead atoms. The fourth-order valence-corrected chi connectivity index (χ4v) is 1.22. The third-order valence-electron chi connectivity index (χ3n) is 2.11. The molecule has 0 aromatic carbocycles. The van der Waals surface area contributed by atoms with Crippen LogP contribution in [0.4, 0.5) is 0 Å². The Morgan fingerprint density at radius 2 is 1.93 bits per heavy atom. The molecule has 0 aromatic rings. The second kappa shape index (κ2) is 8.79. The third-order valence-corrected chi connectivity index (χ3v) is 2.11. The highest BCUT2D eigenvalue weighted by Gasteiger charge is 2.02. The van der Waals surface area contributed by atoms with Gasteiger partial charge in [0.2, 0.25) is 0 Å². The average molecular weight is 198 g/mol. The van der Waals surface area contributed by atoms with Gasteiger partial charge in [-0.3, -0.25) is 0 Å². The van der Waals surface area contributed by atoms with Gasteiger partial charge in [-0.2, -0.15) is 0 Å². The van der Waals surface area contributed by atoms with Gasteiger partial charge in [-0.1, -0.05) is 32.3 Å². The summed E-state index contributed by atoms with van der Waals surface area (Å²) < 4.78 is 4.87. The van der Waals surface area contributed by atoms with Gasteiger partial charge in [0, 0.05) is 5.57 Å². The van der Waals surface area contributed by atoms with Gasteiger partial charge in [-0.15, -0.1) is 0 Å². The summed E-state index contributed by atoms with van der Waals surface area (Å²) in [5, 5.41) is 0. The standard InChI is InChI=1S/C12H22O2/c1-4-6-7-8-9-10-11(3)12(13)14-5-2/h10H,4-9H2,1-3H3. The van der Waals surface area contributed by atoms with Crippen LogP contribution in [-0.2, 0) is 9.53 Å². The number of carbonyl (C=O) groups is 1. The summed E-state index contributed by atoms with van der Waals surface area (Å²) in [5.74, 6) is -0.178. The van der Waals surface area contributed by atoms with Gasteiger partial charge >= 0.3 is 5.97 Å². The molecule has 2 nitrogen and oxygen atoms in total. The van der Waals surface area contributed by atoms with Crippen LogP contribution in [0.1, 0.15) is 52.9 Å². The van der Waals surface area contributed by atoms with Gasteiger partial charge in [0.05, 0.1) is 6.61 Å². The highest BCUT2D eigenvalue weighted by Crippen LogP contribution is 2.06. The van der Waals surface area contributed by atoms with Crippen LogP contribution in [0.3, 0.4) is 0 Å². The van der Waals surface area contributed by atoms with Crippen LogP contribution in [0.2, 0.25) is 0 Å². The van der Waals surface area contributed by atoms with Crippen LogP contribution in [-0.4, -0.2) is 12.6 Å². The Morgan fingerprint density at radius 1 is 1.21 bits per heavy atom. The molecule has 82 valence electrons. The highest BCUT2D eigenvalue weighted by atomic mass is 16.5. The lowest BCUT2D eigenvalue weighted by atomic mass is 10.1. The highest BCUT2D eigenvalue weighted by molar-refractivity contribution is 5.87. The zero-order valence-electron chi connectivity index (χ0n) is 9.64. The number of hydrogen-bond acceptors (Lipinski definition) is 2. The predicted molar refractivity (Wildman–Crippen MR) is 59.1 cm³/mol. The number of carbonyl (C=O) groups excluding carboxylic acids is 1. The SMILES string of the molecule is CCCCCCC=C(C)C(=O)OCC. The van der Waals surface area contributed by atoms with Crippen LogP contribution in [0.15, 0.2) is 11.6 Å². The van der Waals surface area contributed by atoms with E-state index in [1.54, 1.807) is 0 Å². The molecule has 0 atom stereocenters. The quantitative estimate of drug-likeness (QED) is 0.356. The van der Waals surface area contributed by atoms with Crippen LogP contribution in [0.5, 0.6) is 0 Å². The van der Waals surface area contributed by atoms with Gasteiger partial charge in [-0.05, 0) is 26.7 Å². The van der Waals surface area contributed by atoms with Crippen molar-refractivity contribution in [3.63, 3.8) is 0 Å². The van der Waals surface area contributed by atoms with E-state index in [-0.39, 0.29) is 5.97 Å². The molecule has 0 spiro atoms. The van der Waals surface area contributed by atoms with Crippen molar-refractivity contribution in [2.24, 2.45) is 0 Å². The van der Waals surface area contributed by atoms with Gasteiger partial charge < -0.3 is 4.74 Å². The van der Waals surface area contributed by atoms with Gasteiger partial charge in [0.15, 0.2) is 0 Å². The summed E-state index contributed by atoms with van der Waals surface area (Å²) in [6.07, 6.45) is 7.93. The van der Waals surface area contributed by atoms with Gasteiger partial charge in [0.1, 0.15) is 0 Å². The molecule has 0 saturated carbocycles. The lowest BCUT2D eigenvalue weighted by Gasteiger charge is -2.01. The summed E-state index contributed by atoms with van der Waals surface area (Å²) >= 11 is 0. The van der Waals surface area contributed by atoms with Crippen molar-refractivity contribution in [2.75, 3.05) is 6.61 Å². The Balaban J connectivity index is 3.60. The number of unbranched alkanes of at least 4 members (excludes halogenated alkanes) is 4. The molecule has 0 N–H and O–H groups in total. The summed E-state index contributed by atoms with van der Waals surface area (Å²) in [7, 11) is 0. The first-order valence-electron chi connectivity index (χ1n) is 5.56. The first kappa shape index (κ1) is 13.2. The molecule has 2 heteroatoms. The molecule has 0 amide bonds. The minimum Gasteiger partial charge on any atom is -0.463 e. The first-order chi connectivity index (χ1) is 6.72. The second-order valence-electron chi connectivity index (χ2n) is 3.46. The molecule has 0 aliphatic carbocycles. The molecule has 0 unspecified atom stereocenters. The van der Waals surface area contributed by atoms with E-state index in [9.17, 15) is 4.79 Å². The average Bonchev–Trinajstić information content (AvgIpc) is 2.17. The molecule has 0 fully saturated rings. The maximum Gasteiger partial charge on any atom is 0.333 e. The van der Waals surface area contributed by atoms with Crippen molar-refractivity contribution >= 4 is 5.97 Å². The fourth-order valence-electron chi connectivity index (χ4n) is 1.22. The Bertz CT molecular complexity index is 183. The molecular weight excluding hydrogens is 176 g/mol. The largest absolute Gasteiger partial charge is 0.463 e. The van der Waals surface area contributed by atoms with E-state index >= 15 is 0 Å². The Hall–Kier alpha value is -0.790. The number of allylic oxidation sites excluding steroid dienone is 1. The second-order valence-corrected chi connectivity index (χ2v) is 3.46. The summed E-state index contributed by atoms with van der Waals surface area (Å²) in [6, 6.07) is 0. The normalized spacial score (nSPS) is 11.5. The molecular formula is C12H22O2. The first-order valence-corrected chi connectivity index (χ1v) is 5.56. The molecule has 0 aliphatic heterocycles. The topological polar surface area (TPSA) is 26.3 Å². The molecule has 14 heavy (non-hydrogen) atoms. The Labute approximate surface area is 87.3 Å². The van der Waals surface area contributed by atoms with Crippen molar-refractivity contribution in [3.05, 3.63) is 11.6 Å². The molecule has 0 aromatic heterocycles. The van der Waals surface area contributed by atoms with Crippen molar-refractivity contribution < 1.29 is 9.53 Å². The van der Waals surface area contributed by atoms with Crippen LogP contribution in [0.25, 0.3) is 0 Å². The van der Waals surface area contributed by atoms with E-state index in [4.69, 9.17) is 4.74 Å². The van der Waals surface area contributed by atoms with Crippen LogP contribution >= 0.6 is 0 Å². The molecule has 0 rings (SSSR count). The summed E-state index contributed by atoms with van der Waals surface area (Å²) in [4.78, 5) is 11.2. The van der Waals surface area contributed by atoms with Crippen molar-refractivity contribution in [1.82, 2.24) is 0 Å². The molecule has 0 aliphatic rings. The number of esters is 1. The van der Waals surface area contributed by atoms with Gasteiger partial charge in [0.25, 0.3) is 0 Å². The maximum atomic E-state index is 11.2. The monoisotopic (exact) mass is 198 g/mol. The lowest BCUT2D eigenvalue weighted by molar-refractivity contribution is -0.138. The zero-order valence-corrected chi connectivity index (χ0v) is 9.64. The van der Waals surface area contributed by atoms with Crippen molar-refractivity contribution in [1.29, 1.82) is 0 Å². The van der Waals surface area contributed by atoms with Crippen LogP contribution < -0.4 is 0 Å². The predicted octanol–water partition coefficient (Wildman–Crippen LogP) is 3.47. The number of hydrogen-bond donors (Lipinski definition) is 0. The lowest BCUT2D eigenvalue weighted by Crippen LogP contribution is -2.04. The zero-order chi connectivity index (χ0) is 10.8. The smallest absolute Gasteiger partial charge is 0.333 e. The maximum absolute atomic E-state index is 11.2. The molecule has 0 heterocycles. The Morgan fingerprint density at radius 3 is 2.50 bits per heavy atom. The van der Waals surface area contributed by atoms with Crippen molar-refractivity contribution in [2.45, 2.75) is 52.9 Å². The third kappa shape index (κ3) is 6.70. The molecule has 0 radical (unpaired) electrons. The van der Waals surface area contributed by atoms with E-state index in [0.717, 1.165) is 12.0 Å². The number of rotatable bonds is 7. The minimum absolute atomic E-state index is 0.178. The molecule has 0 saturated heterocycles. The summed E-state index contributed by atoms with van der Waals surface area (Å²) in [6.45, 7) is 6.30. The van der Waals surface area contributed by atoms with E-state index < -0.39 is 0 Å². The van der Waals surface area contributed by atoms with E-state index in [1.807, 2.05) is 19.9 Å². The minimum atomic E-state index is -0.178. The van der Waals surface area contributed by atoms with Crippen LogP contribution in [0, 0.1) is 0 Å². The van der Waals surface area contributed by atoms with E-state index in [2.05, 4.69) is 6.92 Å². The number of ether oxygens (including phenoxy) is 1. The fraction of sp³-hybridized carbons (Fsp3) is 0.750.